The quantitative estimate of drug-likeness (QED) is 0.874. The second-order valence-corrected chi connectivity index (χ2v) is 5.78. The van der Waals surface area contributed by atoms with E-state index in [1.54, 1.807) is 6.92 Å². The number of carbonyl (C=O) groups excluding carboxylic acids is 2. The van der Waals surface area contributed by atoms with Crippen molar-refractivity contribution in [2.45, 2.75) is 45.1 Å². The minimum Gasteiger partial charge on any atom is -0.455 e. The standard InChI is InChI=1S/C15H20N2O3/c1-8-13-11(18)3-2-4-12(13)20-14(8)15(19)17-10(7-16)9-5-6-9/h9-10H,2-7,16H2,1H3,(H,17,19). The summed E-state index contributed by atoms with van der Waals surface area (Å²) in [6, 6.07) is 0.0136. The van der Waals surface area contributed by atoms with Crippen LogP contribution in [0.25, 0.3) is 0 Å². The molecule has 20 heavy (non-hydrogen) atoms. The van der Waals surface area contributed by atoms with E-state index in [4.69, 9.17) is 10.2 Å². The van der Waals surface area contributed by atoms with Crippen LogP contribution in [0.1, 0.15) is 57.9 Å². The fourth-order valence-electron chi connectivity index (χ4n) is 2.97. The molecule has 5 nitrogen and oxygen atoms in total. The van der Waals surface area contributed by atoms with Crippen molar-refractivity contribution in [3.63, 3.8) is 0 Å². The smallest absolute Gasteiger partial charge is 0.287 e. The Balaban J connectivity index is 1.83. The summed E-state index contributed by atoms with van der Waals surface area (Å²) >= 11 is 0. The molecule has 1 atom stereocenters. The van der Waals surface area contributed by atoms with Crippen molar-refractivity contribution in [1.29, 1.82) is 0 Å². The number of nitrogens with one attached hydrogen (secondary N) is 1. The van der Waals surface area contributed by atoms with Gasteiger partial charge in [0, 0.05) is 31.0 Å². The lowest BCUT2D eigenvalue weighted by Gasteiger charge is -2.15. The Bertz CT molecular complexity index is 558. The molecule has 1 aromatic rings. The molecule has 0 saturated heterocycles. The fraction of sp³-hybridized carbons (Fsp3) is 0.600. The number of amides is 1. The Labute approximate surface area is 117 Å². The molecule has 3 N–H and O–H groups in total. The molecule has 2 aliphatic rings. The number of furan rings is 1. The average Bonchev–Trinajstić information content (AvgIpc) is 3.20. The normalized spacial score (nSPS) is 19.6. The van der Waals surface area contributed by atoms with E-state index in [2.05, 4.69) is 5.32 Å². The van der Waals surface area contributed by atoms with E-state index < -0.39 is 0 Å². The predicted molar refractivity (Wildman–Crippen MR) is 73.7 cm³/mol. The lowest BCUT2D eigenvalue weighted by atomic mass is 9.94. The van der Waals surface area contributed by atoms with Gasteiger partial charge in [-0.15, -0.1) is 0 Å². The van der Waals surface area contributed by atoms with Crippen molar-refractivity contribution in [3.05, 3.63) is 22.6 Å². The molecule has 1 aromatic heterocycles. The topological polar surface area (TPSA) is 85.3 Å². The molecule has 1 fully saturated rings. The minimum atomic E-state index is -0.243. The van der Waals surface area contributed by atoms with E-state index >= 15 is 0 Å². The van der Waals surface area contributed by atoms with Crippen LogP contribution in [0.3, 0.4) is 0 Å². The lowest BCUT2D eigenvalue weighted by molar-refractivity contribution is 0.0900. The number of nitrogens with two attached hydrogens (primary N) is 1. The SMILES string of the molecule is Cc1c(C(=O)NC(CN)C2CC2)oc2c1C(=O)CCC2. The number of ketones is 1. The molecule has 108 valence electrons. The zero-order valence-corrected chi connectivity index (χ0v) is 11.7. The number of carbonyl (C=O) groups is 2. The van der Waals surface area contributed by atoms with E-state index in [1.165, 1.54) is 0 Å². The van der Waals surface area contributed by atoms with E-state index in [-0.39, 0.29) is 23.5 Å². The van der Waals surface area contributed by atoms with Crippen molar-refractivity contribution in [1.82, 2.24) is 5.32 Å². The van der Waals surface area contributed by atoms with Gasteiger partial charge >= 0.3 is 0 Å². The first kappa shape index (κ1) is 13.4. The molecule has 0 aromatic carbocycles. The van der Waals surface area contributed by atoms with Crippen LogP contribution in [-0.2, 0) is 6.42 Å². The Hall–Kier alpha value is -1.62. The van der Waals surface area contributed by atoms with Crippen LogP contribution in [0.5, 0.6) is 0 Å². The third kappa shape index (κ3) is 2.26. The Morgan fingerprint density at radius 2 is 2.20 bits per heavy atom. The second kappa shape index (κ2) is 5.05. The van der Waals surface area contributed by atoms with Gasteiger partial charge in [0.15, 0.2) is 11.5 Å². The fourth-order valence-corrected chi connectivity index (χ4v) is 2.97. The Morgan fingerprint density at radius 1 is 1.45 bits per heavy atom. The average molecular weight is 276 g/mol. The zero-order chi connectivity index (χ0) is 14.3. The molecular formula is C15H20N2O3. The number of hydrogen-bond donors (Lipinski definition) is 2. The molecule has 0 radical (unpaired) electrons. The molecule has 3 rings (SSSR count). The van der Waals surface area contributed by atoms with Crippen molar-refractivity contribution in [2.24, 2.45) is 11.7 Å². The van der Waals surface area contributed by atoms with E-state index in [0.717, 1.165) is 25.7 Å². The summed E-state index contributed by atoms with van der Waals surface area (Å²) in [5, 5.41) is 2.94. The highest BCUT2D eigenvalue weighted by Crippen LogP contribution is 2.33. The highest BCUT2D eigenvalue weighted by atomic mass is 16.4. The summed E-state index contributed by atoms with van der Waals surface area (Å²) in [6.45, 7) is 2.23. The maximum Gasteiger partial charge on any atom is 0.287 e. The van der Waals surface area contributed by atoms with Crippen LogP contribution in [0.4, 0.5) is 0 Å². The van der Waals surface area contributed by atoms with Crippen LogP contribution in [0.15, 0.2) is 4.42 Å². The number of Topliss-reactive ketones (excluding diaryl/α,β-unsaturated/α-hetero) is 1. The third-order valence-corrected chi connectivity index (χ3v) is 4.27. The molecule has 5 heteroatoms. The molecule has 1 unspecified atom stereocenters. The Morgan fingerprint density at radius 3 is 2.80 bits per heavy atom. The van der Waals surface area contributed by atoms with Crippen LogP contribution >= 0.6 is 0 Å². The van der Waals surface area contributed by atoms with Gasteiger partial charge in [-0.2, -0.15) is 0 Å². The summed E-state index contributed by atoms with van der Waals surface area (Å²) in [7, 11) is 0. The van der Waals surface area contributed by atoms with Gasteiger partial charge in [-0.25, -0.2) is 0 Å². The number of fused-ring (bicyclic) bond motifs is 1. The third-order valence-electron chi connectivity index (χ3n) is 4.27. The van der Waals surface area contributed by atoms with Gasteiger partial charge < -0.3 is 15.5 Å². The predicted octanol–water partition coefficient (Wildman–Crippen LogP) is 1.57. The molecule has 0 bridgehead atoms. The number of aryl methyl sites for hydroxylation is 1. The molecule has 1 saturated carbocycles. The van der Waals surface area contributed by atoms with Gasteiger partial charge in [-0.3, -0.25) is 9.59 Å². The lowest BCUT2D eigenvalue weighted by Crippen LogP contribution is -2.41. The molecule has 0 spiro atoms. The van der Waals surface area contributed by atoms with Crippen molar-refractivity contribution < 1.29 is 14.0 Å². The maximum atomic E-state index is 12.3. The number of rotatable bonds is 4. The van der Waals surface area contributed by atoms with Crippen molar-refractivity contribution in [2.75, 3.05) is 6.54 Å². The molecule has 1 amide bonds. The van der Waals surface area contributed by atoms with Gasteiger partial charge in [0.1, 0.15) is 5.76 Å². The summed E-state index contributed by atoms with van der Waals surface area (Å²) < 4.78 is 5.64. The maximum absolute atomic E-state index is 12.3. The molecule has 2 aliphatic carbocycles. The van der Waals surface area contributed by atoms with E-state index in [9.17, 15) is 9.59 Å². The summed E-state index contributed by atoms with van der Waals surface area (Å²) in [6.07, 6.45) is 4.32. The largest absolute Gasteiger partial charge is 0.455 e. The van der Waals surface area contributed by atoms with E-state index in [0.29, 0.717) is 35.8 Å². The van der Waals surface area contributed by atoms with Crippen LogP contribution in [-0.4, -0.2) is 24.3 Å². The van der Waals surface area contributed by atoms with Crippen LogP contribution < -0.4 is 11.1 Å². The minimum absolute atomic E-state index is 0.0136. The van der Waals surface area contributed by atoms with Crippen LogP contribution in [0.2, 0.25) is 0 Å². The van der Waals surface area contributed by atoms with Crippen molar-refractivity contribution in [3.8, 4) is 0 Å². The molecule has 0 aliphatic heterocycles. The van der Waals surface area contributed by atoms with Gasteiger partial charge in [0.25, 0.3) is 5.91 Å². The molecule has 1 heterocycles. The second-order valence-electron chi connectivity index (χ2n) is 5.78. The number of hydrogen-bond acceptors (Lipinski definition) is 4. The van der Waals surface area contributed by atoms with Gasteiger partial charge in [0.05, 0.1) is 5.56 Å². The first-order chi connectivity index (χ1) is 9.61. The van der Waals surface area contributed by atoms with Gasteiger partial charge in [-0.05, 0) is 32.1 Å². The summed E-state index contributed by atoms with van der Waals surface area (Å²) in [4.78, 5) is 24.2. The van der Waals surface area contributed by atoms with E-state index in [1.807, 2.05) is 0 Å². The summed E-state index contributed by atoms with van der Waals surface area (Å²) in [5.74, 6) is 1.29. The first-order valence-electron chi connectivity index (χ1n) is 7.28. The molecular weight excluding hydrogens is 256 g/mol. The van der Waals surface area contributed by atoms with Gasteiger partial charge in [-0.1, -0.05) is 0 Å². The summed E-state index contributed by atoms with van der Waals surface area (Å²) in [5.41, 5.74) is 7.00. The van der Waals surface area contributed by atoms with Crippen LogP contribution in [0, 0.1) is 12.8 Å². The zero-order valence-electron chi connectivity index (χ0n) is 11.7. The Kier molecular flexibility index (Phi) is 3.38. The highest BCUT2D eigenvalue weighted by molar-refractivity contribution is 6.03. The van der Waals surface area contributed by atoms with Gasteiger partial charge in [0.2, 0.25) is 0 Å². The monoisotopic (exact) mass is 276 g/mol. The van der Waals surface area contributed by atoms with Crippen molar-refractivity contribution >= 4 is 11.7 Å². The highest BCUT2D eigenvalue weighted by Gasteiger charge is 2.34. The first-order valence-corrected chi connectivity index (χ1v) is 7.28.